The number of carbonyl (C=O) groups is 2. The second-order valence-electron chi connectivity index (χ2n) is 5.25. The molecule has 1 fully saturated rings. The number of imide groups is 1. The number of amides is 3. The molecule has 2 rings (SSSR count). The summed E-state index contributed by atoms with van der Waals surface area (Å²) in [6.45, 7) is 5.88. The first-order valence-corrected chi connectivity index (χ1v) is 6.50. The molecule has 0 radical (unpaired) electrons. The normalized spacial score (nSPS) is 17.2. The lowest BCUT2D eigenvalue weighted by atomic mass is 10.1. The number of hydrogen-bond acceptors (Lipinski definition) is 4. The molecule has 0 spiro atoms. The minimum atomic E-state index is -0.872. The average Bonchev–Trinajstić information content (AvgIpc) is 2.55. The zero-order valence-corrected chi connectivity index (χ0v) is 11.9. The maximum atomic E-state index is 12.2. The molecular weight excluding hydrogens is 258 g/mol. The SMILES string of the molecule is CCOc1ccc(N)cc1CN1C(=O)NC(C)(C)C1=O. The topological polar surface area (TPSA) is 84.7 Å². The van der Waals surface area contributed by atoms with Crippen LogP contribution in [0.5, 0.6) is 5.75 Å². The lowest BCUT2D eigenvalue weighted by molar-refractivity contribution is -0.130. The summed E-state index contributed by atoms with van der Waals surface area (Å²) in [5.74, 6) is 0.374. The summed E-state index contributed by atoms with van der Waals surface area (Å²) in [6.07, 6.45) is 0. The molecule has 3 N–H and O–H groups in total. The van der Waals surface area contributed by atoms with Crippen molar-refractivity contribution in [1.82, 2.24) is 10.2 Å². The van der Waals surface area contributed by atoms with E-state index in [0.717, 1.165) is 0 Å². The highest BCUT2D eigenvalue weighted by Gasteiger charge is 2.44. The minimum Gasteiger partial charge on any atom is -0.494 e. The van der Waals surface area contributed by atoms with E-state index in [-0.39, 0.29) is 12.5 Å². The Morgan fingerprint density at radius 1 is 1.35 bits per heavy atom. The number of nitrogens with two attached hydrogens (primary N) is 1. The highest BCUT2D eigenvalue weighted by atomic mass is 16.5. The average molecular weight is 277 g/mol. The molecule has 1 aliphatic rings. The number of urea groups is 1. The van der Waals surface area contributed by atoms with Crippen molar-refractivity contribution in [3.05, 3.63) is 23.8 Å². The first-order valence-electron chi connectivity index (χ1n) is 6.50. The van der Waals surface area contributed by atoms with E-state index in [4.69, 9.17) is 10.5 Å². The molecule has 6 heteroatoms. The molecule has 1 aliphatic heterocycles. The number of nitrogen functional groups attached to an aromatic ring is 1. The highest BCUT2D eigenvalue weighted by molar-refractivity contribution is 6.06. The first kappa shape index (κ1) is 14.2. The molecule has 20 heavy (non-hydrogen) atoms. The van der Waals surface area contributed by atoms with Crippen LogP contribution in [0.3, 0.4) is 0 Å². The Bertz CT molecular complexity index is 555. The largest absolute Gasteiger partial charge is 0.494 e. The maximum absolute atomic E-state index is 12.2. The van der Waals surface area contributed by atoms with Gasteiger partial charge in [0, 0.05) is 11.3 Å². The molecule has 3 amide bonds. The molecule has 6 nitrogen and oxygen atoms in total. The van der Waals surface area contributed by atoms with Crippen molar-refractivity contribution in [3.8, 4) is 5.75 Å². The Kier molecular flexibility index (Phi) is 3.57. The van der Waals surface area contributed by atoms with Gasteiger partial charge in [0.05, 0.1) is 13.2 Å². The number of carbonyl (C=O) groups excluding carboxylic acids is 2. The van der Waals surface area contributed by atoms with Crippen molar-refractivity contribution in [2.75, 3.05) is 12.3 Å². The van der Waals surface area contributed by atoms with Crippen LogP contribution >= 0.6 is 0 Å². The zero-order valence-electron chi connectivity index (χ0n) is 11.9. The molecule has 0 atom stereocenters. The predicted octanol–water partition coefficient (Wildman–Crippen LogP) is 1.50. The summed E-state index contributed by atoms with van der Waals surface area (Å²) < 4.78 is 5.50. The summed E-state index contributed by atoms with van der Waals surface area (Å²) in [7, 11) is 0. The number of nitrogens with zero attached hydrogens (tertiary/aromatic N) is 1. The van der Waals surface area contributed by atoms with Crippen molar-refractivity contribution in [1.29, 1.82) is 0 Å². The number of rotatable bonds is 4. The van der Waals surface area contributed by atoms with Gasteiger partial charge in [0.15, 0.2) is 0 Å². The van der Waals surface area contributed by atoms with Gasteiger partial charge < -0.3 is 15.8 Å². The fourth-order valence-corrected chi connectivity index (χ4v) is 2.15. The third-order valence-corrected chi connectivity index (χ3v) is 3.16. The van der Waals surface area contributed by atoms with Crippen LogP contribution in [-0.2, 0) is 11.3 Å². The standard InChI is InChI=1S/C14H19N3O3/c1-4-20-11-6-5-10(15)7-9(11)8-17-12(18)14(2,3)16-13(17)19/h5-7H,4,8,15H2,1-3H3,(H,16,19). The third-order valence-electron chi connectivity index (χ3n) is 3.16. The van der Waals surface area contributed by atoms with Crippen LogP contribution in [0.1, 0.15) is 26.3 Å². The molecule has 0 aromatic heterocycles. The van der Waals surface area contributed by atoms with Gasteiger partial charge >= 0.3 is 6.03 Å². The fraction of sp³-hybridized carbons (Fsp3) is 0.429. The van der Waals surface area contributed by atoms with E-state index >= 15 is 0 Å². The van der Waals surface area contributed by atoms with Gasteiger partial charge in [-0.05, 0) is 39.0 Å². The Labute approximate surface area is 117 Å². The zero-order chi connectivity index (χ0) is 14.9. The Morgan fingerprint density at radius 3 is 2.60 bits per heavy atom. The van der Waals surface area contributed by atoms with Crippen molar-refractivity contribution in [2.45, 2.75) is 32.9 Å². The quantitative estimate of drug-likeness (QED) is 0.645. The summed E-state index contributed by atoms with van der Waals surface area (Å²) in [6, 6.07) is 4.80. The third kappa shape index (κ3) is 2.54. The monoisotopic (exact) mass is 277 g/mol. The van der Waals surface area contributed by atoms with E-state index in [1.54, 1.807) is 32.0 Å². The fourth-order valence-electron chi connectivity index (χ4n) is 2.15. The Balaban J connectivity index is 2.28. The molecule has 1 heterocycles. The van der Waals surface area contributed by atoms with E-state index in [1.807, 2.05) is 6.92 Å². The predicted molar refractivity (Wildman–Crippen MR) is 75.2 cm³/mol. The summed E-state index contributed by atoms with van der Waals surface area (Å²) in [4.78, 5) is 25.2. The number of benzene rings is 1. The molecule has 1 aromatic carbocycles. The molecule has 0 unspecified atom stereocenters. The number of nitrogens with one attached hydrogen (secondary N) is 1. The van der Waals surface area contributed by atoms with Gasteiger partial charge in [0.2, 0.25) is 0 Å². The summed E-state index contributed by atoms with van der Waals surface area (Å²) in [5, 5.41) is 2.64. The lowest BCUT2D eigenvalue weighted by Gasteiger charge is -2.18. The van der Waals surface area contributed by atoms with E-state index in [1.165, 1.54) is 4.90 Å². The van der Waals surface area contributed by atoms with E-state index in [9.17, 15) is 9.59 Å². The van der Waals surface area contributed by atoms with Crippen LogP contribution in [0.15, 0.2) is 18.2 Å². The number of ether oxygens (including phenoxy) is 1. The highest BCUT2D eigenvalue weighted by Crippen LogP contribution is 2.26. The van der Waals surface area contributed by atoms with Gasteiger partial charge in [0.1, 0.15) is 11.3 Å². The molecule has 0 bridgehead atoms. The van der Waals surface area contributed by atoms with Crippen molar-refractivity contribution < 1.29 is 14.3 Å². The van der Waals surface area contributed by atoms with Crippen LogP contribution in [-0.4, -0.2) is 29.0 Å². The second kappa shape index (κ2) is 5.03. The van der Waals surface area contributed by atoms with Gasteiger partial charge in [-0.15, -0.1) is 0 Å². The van der Waals surface area contributed by atoms with E-state index in [2.05, 4.69) is 5.32 Å². The smallest absolute Gasteiger partial charge is 0.325 e. The minimum absolute atomic E-state index is 0.147. The Morgan fingerprint density at radius 2 is 2.05 bits per heavy atom. The molecule has 1 saturated heterocycles. The molecule has 1 aromatic rings. The van der Waals surface area contributed by atoms with Crippen LogP contribution in [0.2, 0.25) is 0 Å². The molecular formula is C14H19N3O3. The molecule has 0 aliphatic carbocycles. The van der Waals surface area contributed by atoms with Crippen LogP contribution < -0.4 is 15.8 Å². The number of anilines is 1. The van der Waals surface area contributed by atoms with Crippen molar-refractivity contribution >= 4 is 17.6 Å². The van der Waals surface area contributed by atoms with Gasteiger partial charge in [-0.2, -0.15) is 0 Å². The van der Waals surface area contributed by atoms with Crippen molar-refractivity contribution in [3.63, 3.8) is 0 Å². The maximum Gasteiger partial charge on any atom is 0.325 e. The van der Waals surface area contributed by atoms with Crippen molar-refractivity contribution in [2.24, 2.45) is 0 Å². The lowest BCUT2D eigenvalue weighted by Crippen LogP contribution is -2.40. The molecule has 108 valence electrons. The van der Waals surface area contributed by atoms with Gasteiger partial charge in [-0.1, -0.05) is 0 Å². The molecule has 0 saturated carbocycles. The van der Waals surface area contributed by atoms with Crippen LogP contribution in [0.25, 0.3) is 0 Å². The second-order valence-corrected chi connectivity index (χ2v) is 5.25. The Hall–Kier alpha value is -2.24. The summed E-state index contributed by atoms with van der Waals surface area (Å²) >= 11 is 0. The van der Waals surface area contributed by atoms with E-state index < -0.39 is 11.6 Å². The van der Waals surface area contributed by atoms with Gasteiger partial charge in [0.25, 0.3) is 5.91 Å². The number of hydrogen-bond donors (Lipinski definition) is 2. The summed E-state index contributed by atoms with van der Waals surface area (Å²) in [5.41, 5.74) is 6.17. The van der Waals surface area contributed by atoms with Crippen LogP contribution in [0.4, 0.5) is 10.5 Å². The van der Waals surface area contributed by atoms with Gasteiger partial charge in [-0.3, -0.25) is 9.69 Å². The first-order chi connectivity index (χ1) is 9.35. The van der Waals surface area contributed by atoms with Gasteiger partial charge in [-0.25, -0.2) is 4.79 Å². The van der Waals surface area contributed by atoms with Crippen LogP contribution in [0, 0.1) is 0 Å². The van der Waals surface area contributed by atoms with E-state index in [0.29, 0.717) is 23.6 Å².